The lowest BCUT2D eigenvalue weighted by molar-refractivity contribution is -0.140. The minimum atomic E-state index is -3.21. The molecule has 1 saturated heterocycles. The third kappa shape index (κ3) is 2.15. The van der Waals surface area contributed by atoms with Crippen LogP contribution in [0.25, 0.3) is 0 Å². The van der Waals surface area contributed by atoms with Crippen LogP contribution in [0, 0.1) is 5.92 Å². The number of hydrogen-bond acceptors (Lipinski definition) is 4. The highest BCUT2D eigenvalue weighted by Crippen LogP contribution is 2.39. The molecule has 2 N–H and O–H groups in total. The molecule has 1 heterocycles. The van der Waals surface area contributed by atoms with E-state index < -0.39 is 39.0 Å². The lowest BCUT2D eigenvalue weighted by atomic mass is 9.86. The maximum absolute atomic E-state index is 11.6. The highest BCUT2D eigenvalue weighted by Gasteiger charge is 2.50. The van der Waals surface area contributed by atoms with Crippen LogP contribution >= 0.6 is 0 Å². The van der Waals surface area contributed by atoms with Crippen molar-refractivity contribution in [2.45, 2.75) is 37.5 Å². The van der Waals surface area contributed by atoms with Crippen LogP contribution in [0.3, 0.4) is 0 Å². The highest BCUT2D eigenvalue weighted by molar-refractivity contribution is 7.93. The van der Waals surface area contributed by atoms with E-state index in [9.17, 15) is 18.3 Å². The van der Waals surface area contributed by atoms with E-state index in [0.29, 0.717) is 6.42 Å². The van der Waals surface area contributed by atoms with Gasteiger partial charge in [-0.3, -0.25) is 4.79 Å². The third-order valence-corrected chi connectivity index (χ3v) is 5.92. The number of rotatable bonds is 3. The molecule has 88 valence electrons. The van der Waals surface area contributed by atoms with Crippen molar-refractivity contribution < 1.29 is 23.4 Å². The van der Waals surface area contributed by atoms with Crippen molar-refractivity contribution in [2.24, 2.45) is 5.92 Å². The lowest BCUT2D eigenvalue weighted by Crippen LogP contribution is -2.40. The van der Waals surface area contributed by atoms with E-state index in [-0.39, 0.29) is 5.75 Å². The predicted octanol–water partition coefficient (Wildman–Crippen LogP) is 0.0353. The van der Waals surface area contributed by atoms with Crippen LogP contribution in [-0.2, 0) is 14.6 Å². The molecule has 1 unspecified atom stereocenters. The van der Waals surface area contributed by atoms with Crippen LogP contribution in [0.5, 0.6) is 0 Å². The Morgan fingerprint density at radius 3 is 2.40 bits per heavy atom. The SMILES string of the molecule is CC1(C)C([C@H](O)CC(=O)O)CCS1(=O)=O. The van der Waals surface area contributed by atoms with Gasteiger partial charge in [0.1, 0.15) is 0 Å². The van der Waals surface area contributed by atoms with Crippen molar-refractivity contribution in [3.8, 4) is 0 Å². The molecule has 2 atom stereocenters. The molecular weight excluding hydrogens is 220 g/mol. The number of hydrogen-bond donors (Lipinski definition) is 2. The van der Waals surface area contributed by atoms with E-state index in [1.165, 1.54) is 0 Å². The van der Waals surface area contributed by atoms with Crippen molar-refractivity contribution in [3.63, 3.8) is 0 Å². The molecule has 0 aliphatic carbocycles. The Morgan fingerprint density at radius 2 is 2.07 bits per heavy atom. The van der Waals surface area contributed by atoms with Crippen LogP contribution in [0.4, 0.5) is 0 Å². The molecule has 0 aromatic rings. The zero-order valence-electron chi connectivity index (χ0n) is 8.80. The summed E-state index contributed by atoms with van der Waals surface area (Å²) in [6.45, 7) is 3.09. The van der Waals surface area contributed by atoms with Gasteiger partial charge in [0.2, 0.25) is 0 Å². The molecule has 0 saturated carbocycles. The first-order valence-electron chi connectivity index (χ1n) is 4.80. The fourth-order valence-electron chi connectivity index (χ4n) is 2.10. The van der Waals surface area contributed by atoms with Gasteiger partial charge < -0.3 is 10.2 Å². The van der Waals surface area contributed by atoms with Crippen molar-refractivity contribution >= 4 is 15.8 Å². The molecule has 0 bridgehead atoms. The zero-order chi connectivity index (χ0) is 11.9. The van der Waals surface area contributed by atoms with Crippen molar-refractivity contribution in [1.29, 1.82) is 0 Å². The molecule has 1 rings (SSSR count). The number of sulfone groups is 1. The fraction of sp³-hybridized carbons (Fsp3) is 0.889. The average molecular weight is 236 g/mol. The van der Waals surface area contributed by atoms with E-state index in [2.05, 4.69) is 0 Å². The Hall–Kier alpha value is -0.620. The molecule has 0 radical (unpaired) electrons. The molecule has 0 aromatic heterocycles. The second kappa shape index (κ2) is 3.75. The normalized spacial score (nSPS) is 29.9. The van der Waals surface area contributed by atoms with Crippen LogP contribution in [0.2, 0.25) is 0 Å². The highest BCUT2D eigenvalue weighted by atomic mass is 32.2. The van der Waals surface area contributed by atoms with Crippen LogP contribution in [0.15, 0.2) is 0 Å². The second-order valence-corrected chi connectivity index (χ2v) is 7.17. The molecular formula is C9H16O5S. The monoisotopic (exact) mass is 236 g/mol. The molecule has 0 amide bonds. The van der Waals surface area contributed by atoms with Crippen molar-refractivity contribution in [1.82, 2.24) is 0 Å². The van der Waals surface area contributed by atoms with Crippen molar-refractivity contribution in [3.05, 3.63) is 0 Å². The summed E-state index contributed by atoms with van der Waals surface area (Å²) in [5, 5.41) is 18.2. The minimum Gasteiger partial charge on any atom is -0.481 e. The second-order valence-electron chi connectivity index (χ2n) is 4.48. The molecule has 15 heavy (non-hydrogen) atoms. The van der Waals surface area contributed by atoms with Gasteiger partial charge in [-0.15, -0.1) is 0 Å². The van der Waals surface area contributed by atoms with Gasteiger partial charge in [0.05, 0.1) is 23.0 Å². The van der Waals surface area contributed by atoms with E-state index in [4.69, 9.17) is 5.11 Å². The Bertz CT molecular complexity index is 357. The van der Waals surface area contributed by atoms with E-state index in [1.807, 2.05) is 0 Å². The molecule has 1 fully saturated rings. The zero-order valence-corrected chi connectivity index (χ0v) is 9.62. The van der Waals surface area contributed by atoms with E-state index >= 15 is 0 Å². The number of carboxylic acids is 1. The maximum Gasteiger partial charge on any atom is 0.305 e. The summed E-state index contributed by atoms with van der Waals surface area (Å²) in [6.07, 6.45) is -1.15. The Kier molecular flexibility index (Phi) is 3.11. The quantitative estimate of drug-likeness (QED) is 0.721. The van der Waals surface area contributed by atoms with Crippen molar-refractivity contribution in [2.75, 3.05) is 5.75 Å². The third-order valence-electron chi connectivity index (χ3n) is 3.24. The summed E-state index contributed by atoms with van der Waals surface area (Å²) in [5.74, 6) is -1.57. The summed E-state index contributed by atoms with van der Waals surface area (Å²) in [7, 11) is -3.21. The number of aliphatic hydroxyl groups excluding tert-OH is 1. The Labute approximate surface area is 89.0 Å². The summed E-state index contributed by atoms with van der Waals surface area (Å²) < 4.78 is 22.2. The van der Waals surface area contributed by atoms with Crippen LogP contribution < -0.4 is 0 Å². The van der Waals surface area contributed by atoms with Gasteiger partial charge in [-0.2, -0.15) is 0 Å². The van der Waals surface area contributed by atoms with Gasteiger partial charge >= 0.3 is 5.97 Å². The number of aliphatic carboxylic acids is 1. The van der Waals surface area contributed by atoms with Gasteiger partial charge in [0, 0.05) is 5.92 Å². The summed E-state index contributed by atoms with van der Waals surface area (Å²) in [5.41, 5.74) is 0. The molecule has 5 nitrogen and oxygen atoms in total. The molecule has 0 spiro atoms. The molecule has 1 aliphatic heterocycles. The first-order valence-corrected chi connectivity index (χ1v) is 6.46. The number of carboxylic acid groups (broad SMARTS) is 1. The van der Waals surface area contributed by atoms with Crippen LogP contribution in [0.1, 0.15) is 26.7 Å². The number of carbonyl (C=O) groups is 1. The minimum absolute atomic E-state index is 0.0291. The average Bonchev–Trinajstić information content (AvgIpc) is 2.20. The largest absolute Gasteiger partial charge is 0.481 e. The van der Waals surface area contributed by atoms with E-state index in [0.717, 1.165) is 0 Å². The molecule has 6 heteroatoms. The van der Waals surface area contributed by atoms with Gasteiger partial charge in [0.25, 0.3) is 0 Å². The standard InChI is InChI=1S/C9H16O5S/c1-9(2)6(3-4-15(9,13)14)7(10)5-8(11)12/h6-7,10H,3-5H2,1-2H3,(H,11,12)/t6?,7-/m1/s1. The summed E-state index contributed by atoms with van der Waals surface area (Å²) >= 11 is 0. The smallest absolute Gasteiger partial charge is 0.305 e. The van der Waals surface area contributed by atoms with Gasteiger partial charge in [-0.25, -0.2) is 8.42 Å². The first kappa shape index (κ1) is 12.4. The summed E-state index contributed by atoms with van der Waals surface area (Å²) in [6, 6.07) is 0. The van der Waals surface area contributed by atoms with Gasteiger partial charge in [-0.1, -0.05) is 0 Å². The van der Waals surface area contributed by atoms with Gasteiger partial charge in [-0.05, 0) is 20.3 Å². The first-order chi connectivity index (χ1) is 6.68. The Balaban J connectivity index is 2.86. The number of aliphatic hydroxyl groups is 1. The maximum atomic E-state index is 11.6. The Morgan fingerprint density at radius 1 is 1.53 bits per heavy atom. The fourth-order valence-corrected chi connectivity index (χ4v) is 3.93. The summed E-state index contributed by atoms with van der Waals surface area (Å²) in [4.78, 5) is 10.4. The molecule has 1 aliphatic rings. The van der Waals surface area contributed by atoms with Gasteiger partial charge in [0.15, 0.2) is 9.84 Å². The topological polar surface area (TPSA) is 91.7 Å². The van der Waals surface area contributed by atoms with E-state index in [1.54, 1.807) is 13.8 Å². The predicted molar refractivity (Wildman–Crippen MR) is 54.2 cm³/mol. The molecule has 0 aromatic carbocycles. The lowest BCUT2D eigenvalue weighted by Gasteiger charge is -2.28. The van der Waals surface area contributed by atoms with Crippen LogP contribution in [-0.4, -0.2) is 41.2 Å².